The van der Waals surface area contributed by atoms with E-state index in [1.165, 1.54) is 19.1 Å². The Morgan fingerprint density at radius 2 is 2.19 bits per heavy atom. The van der Waals surface area contributed by atoms with E-state index in [1.54, 1.807) is 0 Å². The molecule has 2 heterocycles. The Morgan fingerprint density at radius 1 is 1.43 bits per heavy atom. The molecule has 2 N–H and O–H groups in total. The lowest BCUT2D eigenvalue weighted by molar-refractivity contribution is -0.150. The first-order valence-electron chi connectivity index (χ1n) is 7.37. The minimum atomic E-state index is -0.0796. The van der Waals surface area contributed by atoms with Gasteiger partial charge in [0.1, 0.15) is 0 Å². The molecular weight excluding hydrogens is 379 g/mol. The molecule has 5 heteroatoms. The summed E-state index contributed by atoms with van der Waals surface area (Å²) in [6.45, 7) is 0. The van der Waals surface area contributed by atoms with Crippen LogP contribution in [0.5, 0.6) is 0 Å². The molecule has 0 spiro atoms. The van der Waals surface area contributed by atoms with Crippen molar-refractivity contribution >= 4 is 34.2 Å². The number of esters is 1. The van der Waals surface area contributed by atoms with Crippen LogP contribution in [0.4, 0.5) is 5.69 Å². The van der Waals surface area contributed by atoms with E-state index in [0.717, 1.165) is 22.1 Å². The van der Waals surface area contributed by atoms with Crippen LogP contribution in [0.15, 0.2) is 18.2 Å². The fourth-order valence-corrected chi connectivity index (χ4v) is 4.58. The number of rotatable bonds is 2. The van der Waals surface area contributed by atoms with Gasteiger partial charge in [0.2, 0.25) is 0 Å². The zero-order valence-corrected chi connectivity index (χ0v) is 14.5. The summed E-state index contributed by atoms with van der Waals surface area (Å²) in [5.41, 5.74) is 7.93. The van der Waals surface area contributed by atoms with Crippen molar-refractivity contribution in [2.24, 2.45) is 5.92 Å². The highest BCUT2D eigenvalue weighted by molar-refractivity contribution is 14.1. The van der Waals surface area contributed by atoms with Gasteiger partial charge >= 0.3 is 5.97 Å². The van der Waals surface area contributed by atoms with Gasteiger partial charge in [0.05, 0.1) is 13.0 Å². The van der Waals surface area contributed by atoms with Crippen LogP contribution in [0, 0.1) is 9.49 Å². The number of nitrogen functional groups attached to an aromatic ring is 1. The minimum Gasteiger partial charge on any atom is -0.469 e. The number of methoxy groups -OCH3 is 1. The minimum absolute atomic E-state index is 0.0711. The zero-order chi connectivity index (χ0) is 15.1. The summed E-state index contributed by atoms with van der Waals surface area (Å²) in [4.78, 5) is 14.7. The number of carbonyl (C=O) groups is 1. The van der Waals surface area contributed by atoms with Crippen molar-refractivity contribution in [2.75, 3.05) is 19.9 Å². The number of halogens is 1. The molecule has 0 radical (unpaired) electrons. The topological polar surface area (TPSA) is 55.6 Å². The predicted octanol–water partition coefficient (Wildman–Crippen LogP) is 2.61. The Kier molecular flexibility index (Phi) is 4.14. The molecule has 2 aliphatic rings. The van der Waals surface area contributed by atoms with Crippen LogP contribution in [-0.2, 0) is 9.53 Å². The van der Waals surface area contributed by atoms with Crippen LogP contribution < -0.4 is 5.73 Å². The van der Waals surface area contributed by atoms with Crippen molar-refractivity contribution in [3.8, 4) is 0 Å². The summed E-state index contributed by atoms with van der Waals surface area (Å²) >= 11 is 2.26. The smallest absolute Gasteiger partial charge is 0.310 e. The van der Waals surface area contributed by atoms with Gasteiger partial charge in [-0.05, 0) is 66.6 Å². The summed E-state index contributed by atoms with van der Waals surface area (Å²) in [5, 5.41) is 0. The summed E-state index contributed by atoms with van der Waals surface area (Å²) in [5.74, 6) is 0.0856. The number of anilines is 1. The molecule has 4 nitrogen and oxygen atoms in total. The molecule has 21 heavy (non-hydrogen) atoms. The average molecular weight is 400 g/mol. The second kappa shape index (κ2) is 5.76. The number of nitrogens with zero attached hydrogens (tertiary/aromatic N) is 1. The van der Waals surface area contributed by atoms with Gasteiger partial charge in [0.25, 0.3) is 0 Å². The fourth-order valence-electron chi connectivity index (χ4n) is 4.04. The Bertz CT molecular complexity index is 563. The highest BCUT2D eigenvalue weighted by Crippen LogP contribution is 2.46. The maximum absolute atomic E-state index is 12.4. The van der Waals surface area contributed by atoms with E-state index < -0.39 is 0 Å². The van der Waals surface area contributed by atoms with Crippen LogP contribution in [-0.4, -0.2) is 37.1 Å². The molecule has 0 aliphatic carbocycles. The normalized spacial score (nSPS) is 32.1. The second-order valence-corrected chi connectivity index (χ2v) is 7.30. The third-order valence-corrected chi connectivity index (χ3v) is 6.13. The van der Waals surface area contributed by atoms with E-state index in [9.17, 15) is 4.79 Å². The maximum Gasteiger partial charge on any atom is 0.310 e. The number of ether oxygens (including phenoxy) is 1. The standard InChI is InChI=1S/C16H21IN2O2/c1-19-10-4-6-14(19)15(16(20)21-2)11(8-10)9-3-5-13(18)12(17)7-9/h3,5,7,10-11,14-15H,4,6,8,18H2,1-2H3/t10-,11-,14?,15+/m1/s1. The lowest BCUT2D eigenvalue weighted by Gasteiger charge is -2.41. The highest BCUT2D eigenvalue weighted by atomic mass is 127. The quantitative estimate of drug-likeness (QED) is 0.471. The molecular formula is C16H21IN2O2. The predicted molar refractivity (Wildman–Crippen MR) is 91.0 cm³/mol. The Balaban J connectivity index is 1.98. The third-order valence-electron chi connectivity index (χ3n) is 5.19. The van der Waals surface area contributed by atoms with E-state index in [1.807, 2.05) is 6.07 Å². The van der Waals surface area contributed by atoms with Gasteiger partial charge in [0, 0.05) is 27.3 Å². The van der Waals surface area contributed by atoms with Crippen LogP contribution in [0.3, 0.4) is 0 Å². The van der Waals surface area contributed by atoms with Gasteiger partial charge in [0.15, 0.2) is 0 Å². The van der Waals surface area contributed by atoms with Crippen LogP contribution in [0.2, 0.25) is 0 Å². The molecule has 2 saturated heterocycles. The zero-order valence-electron chi connectivity index (χ0n) is 12.4. The maximum atomic E-state index is 12.4. The lowest BCUT2D eigenvalue weighted by Crippen LogP contribution is -2.49. The van der Waals surface area contributed by atoms with Crippen LogP contribution in [0.1, 0.15) is 30.7 Å². The number of nitrogens with two attached hydrogens (primary N) is 1. The highest BCUT2D eigenvalue weighted by Gasteiger charge is 2.49. The van der Waals surface area contributed by atoms with Crippen molar-refractivity contribution in [1.82, 2.24) is 4.90 Å². The molecule has 0 amide bonds. The van der Waals surface area contributed by atoms with E-state index in [2.05, 4.69) is 46.7 Å². The molecule has 1 aromatic rings. The fraction of sp³-hybridized carbons (Fsp3) is 0.562. The molecule has 2 bridgehead atoms. The first-order valence-corrected chi connectivity index (χ1v) is 8.45. The molecule has 2 aliphatic heterocycles. The van der Waals surface area contributed by atoms with Crippen LogP contribution >= 0.6 is 22.6 Å². The SMILES string of the molecule is COC(=O)[C@@H]1C2CC[C@H](C[C@@H]1c1ccc(N)c(I)c1)N2C. The Morgan fingerprint density at radius 3 is 2.86 bits per heavy atom. The van der Waals surface area contributed by atoms with Crippen molar-refractivity contribution < 1.29 is 9.53 Å². The molecule has 0 saturated carbocycles. The summed E-state index contributed by atoms with van der Waals surface area (Å²) in [6, 6.07) is 7.03. The largest absolute Gasteiger partial charge is 0.469 e. The van der Waals surface area contributed by atoms with Crippen molar-refractivity contribution in [2.45, 2.75) is 37.3 Å². The molecule has 0 aromatic heterocycles. The molecule has 4 atom stereocenters. The van der Waals surface area contributed by atoms with Crippen molar-refractivity contribution in [1.29, 1.82) is 0 Å². The number of piperidine rings is 1. The first kappa shape index (κ1) is 15.1. The van der Waals surface area contributed by atoms with E-state index in [4.69, 9.17) is 10.5 Å². The van der Waals surface area contributed by atoms with Gasteiger partial charge in [-0.25, -0.2) is 0 Å². The monoisotopic (exact) mass is 400 g/mol. The molecule has 3 rings (SSSR count). The van der Waals surface area contributed by atoms with E-state index >= 15 is 0 Å². The van der Waals surface area contributed by atoms with Crippen molar-refractivity contribution in [3.05, 3.63) is 27.3 Å². The molecule has 2 fully saturated rings. The molecule has 1 unspecified atom stereocenters. The van der Waals surface area contributed by atoms with Gasteiger partial charge in [-0.2, -0.15) is 0 Å². The van der Waals surface area contributed by atoms with Gasteiger partial charge in [-0.3, -0.25) is 9.69 Å². The van der Waals surface area contributed by atoms with Crippen LogP contribution in [0.25, 0.3) is 0 Å². The number of benzene rings is 1. The van der Waals surface area contributed by atoms with Gasteiger partial charge in [-0.1, -0.05) is 6.07 Å². The third kappa shape index (κ3) is 2.54. The molecule has 114 valence electrons. The summed E-state index contributed by atoms with van der Waals surface area (Å²) in [7, 11) is 3.63. The van der Waals surface area contributed by atoms with E-state index in [0.29, 0.717) is 12.1 Å². The summed E-state index contributed by atoms with van der Waals surface area (Å²) in [6.07, 6.45) is 3.29. The lowest BCUT2D eigenvalue weighted by atomic mass is 9.76. The number of hydrogen-bond donors (Lipinski definition) is 1. The van der Waals surface area contributed by atoms with Gasteiger partial charge in [-0.15, -0.1) is 0 Å². The number of fused-ring (bicyclic) bond motifs is 2. The summed E-state index contributed by atoms with van der Waals surface area (Å²) < 4.78 is 6.16. The van der Waals surface area contributed by atoms with Crippen molar-refractivity contribution in [3.63, 3.8) is 0 Å². The average Bonchev–Trinajstić information content (AvgIpc) is 2.72. The number of carbonyl (C=O) groups excluding carboxylic acids is 1. The Labute approximate surface area is 139 Å². The Hall–Kier alpha value is -0.820. The molecule has 1 aromatic carbocycles. The second-order valence-electron chi connectivity index (χ2n) is 6.14. The first-order chi connectivity index (χ1) is 10.0. The number of hydrogen-bond acceptors (Lipinski definition) is 4. The van der Waals surface area contributed by atoms with Gasteiger partial charge < -0.3 is 10.5 Å². The van der Waals surface area contributed by atoms with E-state index in [-0.39, 0.29) is 17.8 Å².